The highest BCUT2D eigenvalue weighted by Crippen LogP contribution is 2.37. The zero-order chi connectivity index (χ0) is 28.9. The number of aliphatic imine (C=N–C) groups is 1. The first-order valence-electron chi connectivity index (χ1n) is 13.7. The summed E-state index contributed by atoms with van der Waals surface area (Å²) in [4.78, 5) is 47.2. The summed E-state index contributed by atoms with van der Waals surface area (Å²) >= 11 is 0. The number of hydrogen-bond acceptors (Lipinski definition) is 7. The molecule has 0 aromatic heterocycles. The Morgan fingerprint density at radius 3 is 2.44 bits per heavy atom. The highest BCUT2D eigenvalue weighted by molar-refractivity contribution is 6.24. The van der Waals surface area contributed by atoms with Crippen molar-refractivity contribution < 1.29 is 23.9 Å². The van der Waals surface area contributed by atoms with Crippen molar-refractivity contribution >= 4 is 34.9 Å². The Morgan fingerprint density at radius 1 is 1.00 bits per heavy atom. The van der Waals surface area contributed by atoms with Crippen molar-refractivity contribution in [1.29, 1.82) is 0 Å². The molecule has 0 spiro atoms. The summed E-state index contributed by atoms with van der Waals surface area (Å²) in [6.07, 6.45) is 0.883. The number of nitrogens with one attached hydrogen (secondary N) is 1. The number of esters is 1. The van der Waals surface area contributed by atoms with Gasteiger partial charge in [0.2, 0.25) is 5.91 Å². The maximum absolute atomic E-state index is 13.2. The van der Waals surface area contributed by atoms with Crippen LogP contribution in [-0.4, -0.2) is 86.8 Å². The number of benzene rings is 3. The minimum atomic E-state index is -0.672. The second-order valence-electron chi connectivity index (χ2n) is 10.5. The summed E-state index contributed by atoms with van der Waals surface area (Å²) in [7, 11) is 5.33. The molecule has 2 unspecified atom stereocenters. The fraction of sp³-hybridized carbons (Fsp3) is 0.312. The molecule has 2 aliphatic heterocycles. The van der Waals surface area contributed by atoms with Crippen LogP contribution in [0.2, 0.25) is 0 Å². The standard InChI is InChI=1S/C32H34N4O5/c1-35(2)17-18-41-25-15-16-36(20-25)31(38)22-9-12-24(13-10-22)33-29(21-7-5-4-6-8-21)28-26-14-11-23(32(39)40-3)19-27(26)34-30(28)37/h4-14,19,25,28H,15-18,20H2,1-3H3,(H,34,37). The third-order valence-corrected chi connectivity index (χ3v) is 7.34. The van der Waals surface area contributed by atoms with Crippen LogP contribution in [0.5, 0.6) is 0 Å². The molecule has 1 saturated heterocycles. The number of hydrogen-bond donors (Lipinski definition) is 1. The minimum Gasteiger partial charge on any atom is -0.465 e. The molecule has 2 amide bonds. The van der Waals surface area contributed by atoms with E-state index in [1.165, 1.54) is 7.11 Å². The Bertz CT molecular complexity index is 1450. The number of carbonyl (C=O) groups is 3. The van der Waals surface area contributed by atoms with Gasteiger partial charge in [-0.1, -0.05) is 36.4 Å². The number of likely N-dealkylation sites (N-methyl/N-ethyl adjacent to an activating group) is 1. The first-order chi connectivity index (χ1) is 19.8. The van der Waals surface area contributed by atoms with E-state index >= 15 is 0 Å². The molecular formula is C32H34N4O5. The van der Waals surface area contributed by atoms with Crippen LogP contribution in [-0.2, 0) is 14.3 Å². The molecule has 0 bridgehead atoms. The molecule has 0 aliphatic carbocycles. The second kappa shape index (κ2) is 12.4. The molecule has 2 heterocycles. The molecule has 3 aromatic carbocycles. The number of anilines is 1. The van der Waals surface area contributed by atoms with E-state index in [4.69, 9.17) is 14.5 Å². The molecule has 2 atom stereocenters. The van der Waals surface area contributed by atoms with Crippen molar-refractivity contribution in [3.05, 3.63) is 95.1 Å². The molecule has 0 radical (unpaired) electrons. The maximum atomic E-state index is 13.2. The number of amides is 2. The lowest BCUT2D eigenvalue weighted by Crippen LogP contribution is -2.30. The van der Waals surface area contributed by atoms with Crippen LogP contribution in [0.15, 0.2) is 77.8 Å². The minimum absolute atomic E-state index is 0.0342. The number of ether oxygens (including phenoxy) is 2. The van der Waals surface area contributed by atoms with Crippen molar-refractivity contribution in [2.45, 2.75) is 18.4 Å². The maximum Gasteiger partial charge on any atom is 0.337 e. The van der Waals surface area contributed by atoms with Gasteiger partial charge in [-0.15, -0.1) is 0 Å². The third kappa shape index (κ3) is 6.37. The smallest absolute Gasteiger partial charge is 0.337 e. The van der Waals surface area contributed by atoms with Crippen LogP contribution in [0.4, 0.5) is 11.4 Å². The Labute approximate surface area is 239 Å². The molecule has 1 fully saturated rings. The van der Waals surface area contributed by atoms with Gasteiger partial charge in [-0.05, 0) is 68.0 Å². The average Bonchev–Trinajstić information content (AvgIpc) is 3.59. The van der Waals surface area contributed by atoms with Crippen LogP contribution >= 0.6 is 0 Å². The van der Waals surface area contributed by atoms with Crippen molar-refractivity contribution in [3.8, 4) is 0 Å². The number of rotatable bonds is 9. The lowest BCUT2D eigenvalue weighted by Gasteiger charge is -2.18. The van der Waals surface area contributed by atoms with Gasteiger partial charge in [-0.3, -0.25) is 14.6 Å². The Kier molecular flexibility index (Phi) is 8.56. The highest BCUT2D eigenvalue weighted by Gasteiger charge is 2.36. The lowest BCUT2D eigenvalue weighted by molar-refractivity contribution is -0.115. The van der Waals surface area contributed by atoms with E-state index in [0.29, 0.717) is 47.9 Å². The first kappa shape index (κ1) is 28.2. The normalized spacial score (nSPS) is 18.4. The second-order valence-corrected chi connectivity index (χ2v) is 10.5. The van der Waals surface area contributed by atoms with Gasteiger partial charge in [0.25, 0.3) is 5.91 Å². The van der Waals surface area contributed by atoms with Gasteiger partial charge in [0.05, 0.1) is 36.8 Å². The largest absolute Gasteiger partial charge is 0.465 e. The van der Waals surface area contributed by atoms with Crippen molar-refractivity contribution in [2.24, 2.45) is 4.99 Å². The molecule has 9 heteroatoms. The third-order valence-electron chi connectivity index (χ3n) is 7.34. The fourth-order valence-electron chi connectivity index (χ4n) is 5.13. The van der Waals surface area contributed by atoms with Gasteiger partial charge < -0.3 is 24.6 Å². The Morgan fingerprint density at radius 2 is 1.73 bits per heavy atom. The average molecular weight is 555 g/mol. The number of likely N-dealkylation sites (tertiary alicyclic amines) is 1. The monoisotopic (exact) mass is 554 g/mol. The van der Waals surface area contributed by atoms with Crippen LogP contribution in [0.25, 0.3) is 0 Å². The molecule has 0 saturated carbocycles. The van der Waals surface area contributed by atoms with Gasteiger partial charge in [0.15, 0.2) is 0 Å². The molecule has 41 heavy (non-hydrogen) atoms. The van der Waals surface area contributed by atoms with Crippen LogP contribution in [0.3, 0.4) is 0 Å². The number of carbonyl (C=O) groups excluding carboxylic acids is 3. The van der Waals surface area contributed by atoms with E-state index in [-0.39, 0.29) is 17.9 Å². The summed E-state index contributed by atoms with van der Waals surface area (Å²) in [5, 5.41) is 2.89. The lowest BCUT2D eigenvalue weighted by atomic mass is 9.90. The van der Waals surface area contributed by atoms with Gasteiger partial charge >= 0.3 is 5.97 Å². The Hall–Kier alpha value is -4.34. The zero-order valence-electron chi connectivity index (χ0n) is 23.5. The summed E-state index contributed by atoms with van der Waals surface area (Å²) in [5.41, 5.74) is 4.22. The topological polar surface area (TPSA) is 101 Å². The highest BCUT2D eigenvalue weighted by atomic mass is 16.5. The van der Waals surface area contributed by atoms with Crippen molar-refractivity contribution in [3.63, 3.8) is 0 Å². The summed E-state index contributed by atoms with van der Waals surface area (Å²) < 4.78 is 10.8. The van der Waals surface area contributed by atoms with Gasteiger partial charge in [0, 0.05) is 30.9 Å². The van der Waals surface area contributed by atoms with Crippen molar-refractivity contribution in [2.75, 3.05) is 52.8 Å². The number of nitrogens with zero attached hydrogens (tertiary/aromatic N) is 3. The predicted molar refractivity (Wildman–Crippen MR) is 157 cm³/mol. The molecule has 5 rings (SSSR count). The van der Waals surface area contributed by atoms with Crippen LogP contribution < -0.4 is 5.32 Å². The number of fused-ring (bicyclic) bond motifs is 1. The zero-order valence-corrected chi connectivity index (χ0v) is 23.5. The van der Waals surface area contributed by atoms with E-state index < -0.39 is 11.9 Å². The molecular weight excluding hydrogens is 520 g/mol. The summed E-state index contributed by atoms with van der Waals surface area (Å²) in [6, 6.07) is 21.7. The van der Waals surface area contributed by atoms with Gasteiger partial charge in [-0.2, -0.15) is 0 Å². The predicted octanol–water partition coefficient (Wildman–Crippen LogP) is 4.12. The van der Waals surface area contributed by atoms with E-state index in [0.717, 1.165) is 24.1 Å². The first-order valence-corrected chi connectivity index (χ1v) is 13.7. The van der Waals surface area contributed by atoms with E-state index in [9.17, 15) is 14.4 Å². The molecule has 1 N–H and O–H groups in total. The fourth-order valence-corrected chi connectivity index (χ4v) is 5.13. The van der Waals surface area contributed by atoms with E-state index in [1.54, 1.807) is 42.5 Å². The SMILES string of the molecule is COC(=O)c1ccc2c(c1)NC(=O)C2C(=Nc1ccc(C(=O)N2CCC(OCCN(C)C)C2)cc1)c1ccccc1. The quantitative estimate of drug-likeness (QED) is 0.316. The van der Waals surface area contributed by atoms with E-state index in [1.807, 2.05) is 49.3 Å². The summed E-state index contributed by atoms with van der Waals surface area (Å²) in [6.45, 7) is 2.74. The summed E-state index contributed by atoms with van der Waals surface area (Å²) in [5.74, 6) is -1.41. The molecule has 2 aliphatic rings. The Balaban J connectivity index is 1.37. The van der Waals surface area contributed by atoms with E-state index in [2.05, 4.69) is 10.2 Å². The number of methoxy groups -OCH3 is 1. The van der Waals surface area contributed by atoms with Crippen LogP contribution in [0, 0.1) is 0 Å². The molecule has 9 nitrogen and oxygen atoms in total. The molecule has 212 valence electrons. The van der Waals surface area contributed by atoms with Gasteiger partial charge in [-0.25, -0.2) is 4.79 Å². The van der Waals surface area contributed by atoms with Gasteiger partial charge in [0.1, 0.15) is 5.92 Å². The molecule has 3 aromatic rings. The van der Waals surface area contributed by atoms with Crippen molar-refractivity contribution in [1.82, 2.24) is 9.80 Å². The van der Waals surface area contributed by atoms with Crippen LogP contribution in [0.1, 0.15) is 44.2 Å².